The number of halogens is 2. The first-order chi connectivity index (χ1) is 25.7. The number of hydrazine groups is 1. The maximum Gasteiger partial charge on any atom is 0.425 e. The molecule has 5 rings (SSSR count). The van der Waals surface area contributed by atoms with E-state index in [1.54, 1.807) is 24.9 Å². The number of esters is 1. The highest BCUT2D eigenvalue weighted by Crippen LogP contribution is 2.44. The standard InChI is InChI=1S/C40H60F2N4O9/c1-22-20-38(6,51-11)34(54-35-31(47)29(44(9)10)18-23(2)52-35)25(4)33(48)39(7,42)36(49)53-26(5)40(8)32-24(3)30(22)43-21-45(46(32)37(50)55-40)17-13-15-27-14-12-16-28(41)19-27/h12,14,16,19,22-26,29,31-32,34-35,47H,13,15,17-18,20-21H2,1-11H3/t22-,23-,24-,25+,26+,29+,31-,32-,34-,35+,38+,39?,40-/m1/s1. The summed E-state index contributed by atoms with van der Waals surface area (Å²) in [6, 6.07) is 5.26. The number of aliphatic hydroxyl groups is 1. The van der Waals surface area contributed by atoms with Crippen molar-refractivity contribution in [2.24, 2.45) is 22.7 Å². The molecule has 55 heavy (non-hydrogen) atoms. The molecule has 1 amide bonds. The molecule has 0 saturated carbocycles. The lowest BCUT2D eigenvalue weighted by Gasteiger charge is -2.47. The molecule has 308 valence electrons. The van der Waals surface area contributed by atoms with Gasteiger partial charge >= 0.3 is 12.1 Å². The van der Waals surface area contributed by atoms with Gasteiger partial charge in [0.05, 0.1) is 17.8 Å². The average molecular weight is 779 g/mol. The normalized spacial score (nSPS) is 40.7. The smallest absolute Gasteiger partial charge is 0.425 e. The third-order valence-electron chi connectivity index (χ3n) is 12.4. The predicted octanol–water partition coefficient (Wildman–Crippen LogP) is 4.72. The monoisotopic (exact) mass is 778 g/mol. The number of likely N-dealkylation sites (N-methyl/N-ethyl adjacent to an activating group) is 1. The number of aliphatic imine (C=N–C) groups is 1. The zero-order valence-electron chi connectivity index (χ0n) is 34.1. The fraction of sp³-hybridized carbons (Fsp3) is 0.750. The highest BCUT2D eigenvalue weighted by molar-refractivity contribution is 6.08. The number of aryl methyl sites for hydroxylation is 1. The molecule has 4 aliphatic heterocycles. The van der Waals surface area contributed by atoms with Crippen molar-refractivity contribution in [1.82, 2.24) is 14.9 Å². The van der Waals surface area contributed by atoms with Crippen LogP contribution in [-0.4, -0.2) is 138 Å². The molecule has 1 aromatic rings. The second-order valence-corrected chi connectivity index (χ2v) is 16.8. The minimum Gasteiger partial charge on any atom is -0.456 e. The Balaban J connectivity index is 1.57. The van der Waals surface area contributed by atoms with Crippen LogP contribution in [0.2, 0.25) is 0 Å². The number of carbonyl (C=O) groups is 3. The molecule has 4 heterocycles. The average Bonchev–Trinajstić information content (AvgIpc) is 3.29. The quantitative estimate of drug-likeness (QED) is 0.290. The number of nitrogens with zero attached hydrogens (tertiary/aromatic N) is 4. The van der Waals surface area contributed by atoms with Crippen LogP contribution in [0.3, 0.4) is 0 Å². The van der Waals surface area contributed by atoms with Crippen molar-refractivity contribution in [3.63, 3.8) is 0 Å². The molecule has 2 bridgehead atoms. The van der Waals surface area contributed by atoms with Crippen LogP contribution >= 0.6 is 0 Å². The van der Waals surface area contributed by atoms with Crippen molar-refractivity contribution >= 4 is 23.6 Å². The molecule has 1 N–H and O–H groups in total. The van der Waals surface area contributed by atoms with E-state index in [1.165, 1.54) is 38.1 Å². The number of alkyl halides is 1. The van der Waals surface area contributed by atoms with Gasteiger partial charge in [0.25, 0.3) is 5.67 Å². The first-order valence-electron chi connectivity index (χ1n) is 19.4. The maximum absolute atomic E-state index is 16.8. The minimum atomic E-state index is -3.14. The van der Waals surface area contributed by atoms with Gasteiger partial charge in [-0.05, 0) is 98.0 Å². The Morgan fingerprint density at radius 3 is 2.40 bits per heavy atom. The Morgan fingerprint density at radius 1 is 1.07 bits per heavy atom. The van der Waals surface area contributed by atoms with Crippen molar-refractivity contribution in [2.45, 2.75) is 141 Å². The number of Topliss-reactive ketones (excluding diaryl/α,β-unsaturated/α-hetero) is 1. The van der Waals surface area contributed by atoms with Gasteiger partial charge in [-0.3, -0.25) is 9.79 Å². The molecule has 13 nitrogen and oxygen atoms in total. The van der Waals surface area contributed by atoms with Crippen LogP contribution in [0.1, 0.15) is 80.2 Å². The van der Waals surface area contributed by atoms with Crippen molar-refractivity contribution < 1.29 is 52.0 Å². The van der Waals surface area contributed by atoms with E-state index in [4.69, 9.17) is 28.7 Å². The van der Waals surface area contributed by atoms with Gasteiger partial charge in [-0.1, -0.05) is 32.9 Å². The van der Waals surface area contributed by atoms with Gasteiger partial charge in [0.2, 0.25) is 0 Å². The summed E-state index contributed by atoms with van der Waals surface area (Å²) in [6.07, 6.45) is -3.90. The Kier molecular flexibility index (Phi) is 12.8. The summed E-state index contributed by atoms with van der Waals surface area (Å²) in [4.78, 5) is 48.8. The van der Waals surface area contributed by atoms with E-state index in [0.29, 0.717) is 25.8 Å². The van der Waals surface area contributed by atoms with E-state index < -0.39 is 77.2 Å². The van der Waals surface area contributed by atoms with Crippen LogP contribution < -0.4 is 0 Å². The van der Waals surface area contributed by atoms with E-state index in [0.717, 1.165) is 18.2 Å². The van der Waals surface area contributed by atoms with E-state index in [-0.39, 0.29) is 37.0 Å². The number of cyclic esters (lactones) is 1. The predicted molar refractivity (Wildman–Crippen MR) is 199 cm³/mol. The van der Waals surface area contributed by atoms with Gasteiger partial charge < -0.3 is 33.7 Å². The minimum absolute atomic E-state index is 0.0933. The molecule has 3 saturated heterocycles. The second-order valence-electron chi connectivity index (χ2n) is 16.8. The van der Waals surface area contributed by atoms with Crippen LogP contribution in [0, 0.1) is 23.6 Å². The molecule has 1 aromatic carbocycles. The van der Waals surface area contributed by atoms with E-state index in [1.807, 2.05) is 45.8 Å². The Morgan fingerprint density at radius 2 is 1.76 bits per heavy atom. The van der Waals surface area contributed by atoms with E-state index in [9.17, 15) is 23.9 Å². The highest BCUT2D eigenvalue weighted by Gasteiger charge is 2.62. The van der Waals surface area contributed by atoms with Crippen molar-refractivity contribution in [3.05, 3.63) is 35.6 Å². The number of fused-ring (bicyclic) bond motifs is 1. The number of rotatable bonds is 8. The van der Waals surface area contributed by atoms with Gasteiger partial charge in [0, 0.05) is 37.2 Å². The molecule has 0 spiro atoms. The van der Waals surface area contributed by atoms with Gasteiger partial charge in [-0.25, -0.2) is 23.4 Å². The zero-order valence-corrected chi connectivity index (χ0v) is 34.1. The van der Waals surface area contributed by atoms with Gasteiger partial charge in [-0.15, -0.1) is 0 Å². The van der Waals surface area contributed by atoms with Gasteiger partial charge in [-0.2, -0.15) is 5.01 Å². The topological polar surface area (TPSA) is 140 Å². The van der Waals surface area contributed by atoms with Crippen LogP contribution in [-0.2, 0) is 39.7 Å². The lowest BCUT2D eigenvalue weighted by molar-refractivity contribution is -0.295. The van der Waals surface area contributed by atoms with Crippen LogP contribution in [0.25, 0.3) is 0 Å². The molecule has 1 unspecified atom stereocenters. The van der Waals surface area contributed by atoms with E-state index >= 15 is 4.39 Å². The molecule has 0 aliphatic carbocycles. The number of amides is 1. The number of carbonyl (C=O) groups excluding carboxylic acids is 3. The van der Waals surface area contributed by atoms with Gasteiger partial charge in [0.15, 0.2) is 17.7 Å². The SMILES string of the molecule is CO[C@@]1(C)C[C@@H](C)C2=NCN(CCCc3cccc(F)c3)N3C(=O)O[C@](C)([C@H](C)OC(=O)C(C)(F)C(=O)[C@H](C)[C@H]1O[C@@H]1O[C@H](C)C[C@H](N(C)C)[C@H]1O)[C@H]3[C@@H]2C. The lowest BCUT2D eigenvalue weighted by atomic mass is 9.73. The summed E-state index contributed by atoms with van der Waals surface area (Å²) in [5.74, 6) is -4.99. The summed E-state index contributed by atoms with van der Waals surface area (Å²) < 4.78 is 61.4. The molecular weight excluding hydrogens is 718 g/mol. The number of hydrogen-bond acceptors (Lipinski definition) is 12. The fourth-order valence-corrected chi connectivity index (χ4v) is 9.12. The molecule has 0 radical (unpaired) electrons. The Hall–Kier alpha value is -3.08. The number of ketones is 1. The summed E-state index contributed by atoms with van der Waals surface area (Å²) >= 11 is 0. The van der Waals surface area contributed by atoms with Crippen LogP contribution in [0.15, 0.2) is 29.3 Å². The van der Waals surface area contributed by atoms with Crippen molar-refractivity contribution in [3.8, 4) is 0 Å². The largest absolute Gasteiger partial charge is 0.456 e. The molecule has 3 fully saturated rings. The highest BCUT2D eigenvalue weighted by atomic mass is 19.1. The number of ether oxygens (including phenoxy) is 5. The molecule has 0 aromatic heterocycles. The van der Waals surface area contributed by atoms with Crippen molar-refractivity contribution in [2.75, 3.05) is 34.4 Å². The molecule has 15 heteroatoms. The summed E-state index contributed by atoms with van der Waals surface area (Å²) in [5.41, 5.74) is -4.42. The number of methoxy groups -OCH3 is 1. The van der Waals surface area contributed by atoms with Crippen molar-refractivity contribution in [1.29, 1.82) is 0 Å². The number of aliphatic hydroxyl groups excluding tert-OH is 1. The third kappa shape index (κ3) is 8.33. The summed E-state index contributed by atoms with van der Waals surface area (Å²) in [5, 5.41) is 14.7. The number of benzene rings is 1. The Labute approximate surface area is 323 Å². The van der Waals surface area contributed by atoms with Crippen LogP contribution in [0.5, 0.6) is 0 Å². The molecule has 13 atom stereocenters. The summed E-state index contributed by atoms with van der Waals surface area (Å²) in [6.45, 7) is 13.5. The van der Waals surface area contributed by atoms with Gasteiger partial charge in [0.1, 0.15) is 30.7 Å². The Bertz CT molecular complexity index is 1610. The first kappa shape index (κ1) is 43.1. The zero-order chi connectivity index (χ0) is 40.8. The molecule has 4 aliphatic rings. The molecular formula is C40H60F2N4O9. The van der Waals surface area contributed by atoms with Crippen LogP contribution in [0.4, 0.5) is 13.6 Å². The fourth-order valence-electron chi connectivity index (χ4n) is 9.12. The number of hydrogen-bond donors (Lipinski definition) is 1. The second kappa shape index (κ2) is 16.4. The first-order valence-corrected chi connectivity index (χ1v) is 19.4. The maximum atomic E-state index is 16.8. The lowest BCUT2D eigenvalue weighted by Crippen LogP contribution is -2.62. The third-order valence-corrected chi connectivity index (χ3v) is 12.4. The van der Waals surface area contributed by atoms with E-state index in [2.05, 4.69) is 0 Å². The summed E-state index contributed by atoms with van der Waals surface area (Å²) in [7, 11) is 5.15.